The zero-order valence-electron chi connectivity index (χ0n) is 9.87. The lowest BCUT2D eigenvalue weighted by molar-refractivity contribution is -0.385. The first kappa shape index (κ1) is 12.6. The summed E-state index contributed by atoms with van der Waals surface area (Å²) in [5.74, 6) is 0.718. The van der Waals surface area contributed by atoms with E-state index in [4.69, 9.17) is 0 Å². The lowest BCUT2D eigenvalue weighted by Crippen LogP contribution is -2.07. The van der Waals surface area contributed by atoms with E-state index in [1.54, 1.807) is 12.1 Å². The first-order chi connectivity index (χ1) is 7.90. The van der Waals surface area contributed by atoms with Gasteiger partial charge in [0.05, 0.1) is 8.49 Å². The van der Waals surface area contributed by atoms with Gasteiger partial charge >= 0.3 is 0 Å². The Hall–Kier alpha value is -0.850. The van der Waals surface area contributed by atoms with Gasteiger partial charge in [-0.25, -0.2) is 0 Å². The van der Waals surface area contributed by atoms with Crippen molar-refractivity contribution in [2.75, 3.05) is 11.9 Å². The molecular weight excluding hydrogens is 331 g/mol. The molecule has 0 saturated heterocycles. The fourth-order valence-electron chi connectivity index (χ4n) is 1.93. The third kappa shape index (κ3) is 2.88. The van der Waals surface area contributed by atoms with Crippen LogP contribution < -0.4 is 5.32 Å². The third-order valence-corrected chi connectivity index (χ3v) is 4.28. The summed E-state index contributed by atoms with van der Waals surface area (Å²) in [6.07, 6.45) is 1.25. The van der Waals surface area contributed by atoms with E-state index in [0.29, 0.717) is 8.99 Å². The van der Waals surface area contributed by atoms with Crippen LogP contribution in [0.5, 0.6) is 0 Å². The van der Waals surface area contributed by atoms with Gasteiger partial charge in [0.25, 0.3) is 5.69 Å². The Balaban J connectivity index is 1.98. The minimum atomic E-state index is -0.352. The summed E-state index contributed by atoms with van der Waals surface area (Å²) in [6.45, 7) is 5.47. The van der Waals surface area contributed by atoms with Gasteiger partial charge < -0.3 is 5.32 Å². The number of nitro groups is 1. The highest BCUT2D eigenvalue weighted by molar-refractivity contribution is 14.1. The van der Waals surface area contributed by atoms with Gasteiger partial charge in [-0.2, -0.15) is 0 Å². The van der Waals surface area contributed by atoms with Crippen molar-refractivity contribution in [2.45, 2.75) is 20.3 Å². The fourth-order valence-corrected chi connectivity index (χ4v) is 2.64. The van der Waals surface area contributed by atoms with Gasteiger partial charge in [0.15, 0.2) is 0 Å². The molecule has 0 heterocycles. The summed E-state index contributed by atoms with van der Waals surface area (Å²) in [6, 6.07) is 5.16. The molecule has 2 rings (SSSR count). The number of anilines is 1. The van der Waals surface area contributed by atoms with Crippen LogP contribution in [-0.2, 0) is 0 Å². The number of rotatable bonds is 4. The average Bonchev–Trinajstić information content (AvgIpc) is 2.83. The Morgan fingerprint density at radius 2 is 2.24 bits per heavy atom. The Labute approximate surface area is 114 Å². The van der Waals surface area contributed by atoms with E-state index in [9.17, 15) is 10.1 Å². The maximum Gasteiger partial charge on any atom is 0.282 e. The van der Waals surface area contributed by atoms with Gasteiger partial charge in [0.1, 0.15) is 0 Å². The zero-order valence-corrected chi connectivity index (χ0v) is 12.0. The maximum atomic E-state index is 10.7. The summed E-state index contributed by atoms with van der Waals surface area (Å²) in [4.78, 5) is 10.3. The van der Waals surface area contributed by atoms with Crippen molar-refractivity contribution in [1.82, 2.24) is 0 Å². The summed E-state index contributed by atoms with van der Waals surface area (Å²) in [5.41, 5.74) is 1.59. The highest BCUT2D eigenvalue weighted by Crippen LogP contribution is 2.51. The van der Waals surface area contributed by atoms with Crippen molar-refractivity contribution in [3.63, 3.8) is 0 Å². The van der Waals surface area contributed by atoms with Crippen molar-refractivity contribution in [3.8, 4) is 0 Å². The van der Waals surface area contributed by atoms with E-state index in [-0.39, 0.29) is 10.6 Å². The van der Waals surface area contributed by atoms with Crippen LogP contribution in [-0.4, -0.2) is 11.5 Å². The van der Waals surface area contributed by atoms with Crippen LogP contribution in [0.15, 0.2) is 18.2 Å². The summed E-state index contributed by atoms with van der Waals surface area (Å²) < 4.78 is 0.674. The van der Waals surface area contributed by atoms with Crippen LogP contribution in [0.4, 0.5) is 11.4 Å². The number of nitro benzene ring substituents is 1. The molecule has 1 fully saturated rings. The van der Waals surface area contributed by atoms with E-state index >= 15 is 0 Å². The molecule has 1 unspecified atom stereocenters. The van der Waals surface area contributed by atoms with Crippen LogP contribution >= 0.6 is 22.6 Å². The molecule has 0 aromatic heterocycles. The molecular formula is C12H15IN2O2. The molecule has 1 N–H and O–H groups in total. The molecule has 17 heavy (non-hydrogen) atoms. The monoisotopic (exact) mass is 346 g/mol. The maximum absolute atomic E-state index is 10.7. The Morgan fingerprint density at radius 3 is 2.71 bits per heavy atom. The van der Waals surface area contributed by atoms with Crippen LogP contribution in [0.2, 0.25) is 0 Å². The predicted molar refractivity (Wildman–Crippen MR) is 76.2 cm³/mol. The number of halogens is 1. The first-order valence-electron chi connectivity index (χ1n) is 5.58. The molecule has 1 aromatic carbocycles. The predicted octanol–water partition coefficient (Wildman–Crippen LogP) is 3.66. The van der Waals surface area contributed by atoms with Gasteiger partial charge in [0, 0.05) is 18.3 Å². The second-order valence-electron chi connectivity index (χ2n) is 5.19. The van der Waals surface area contributed by atoms with Gasteiger partial charge in [-0.3, -0.25) is 10.1 Å². The Morgan fingerprint density at radius 1 is 1.59 bits per heavy atom. The van der Waals surface area contributed by atoms with Crippen LogP contribution in [0, 0.1) is 25.0 Å². The van der Waals surface area contributed by atoms with Crippen molar-refractivity contribution in [1.29, 1.82) is 0 Å². The lowest BCUT2D eigenvalue weighted by atomic mass is 10.1. The molecule has 0 radical (unpaired) electrons. The van der Waals surface area contributed by atoms with Gasteiger partial charge in [-0.1, -0.05) is 13.8 Å². The Bertz CT molecular complexity index is 460. The minimum Gasteiger partial charge on any atom is -0.385 e. The van der Waals surface area contributed by atoms with E-state index in [1.807, 2.05) is 28.7 Å². The highest BCUT2D eigenvalue weighted by atomic mass is 127. The Kier molecular flexibility index (Phi) is 3.29. The molecule has 4 nitrogen and oxygen atoms in total. The molecule has 1 aliphatic carbocycles. The molecule has 0 bridgehead atoms. The third-order valence-electron chi connectivity index (χ3n) is 3.41. The van der Waals surface area contributed by atoms with Crippen molar-refractivity contribution in [2.24, 2.45) is 11.3 Å². The number of nitrogens with zero attached hydrogens (tertiary/aromatic N) is 1. The van der Waals surface area contributed by atoms with Gasteiger partial charge in [-0.15, -0.1) is 0 Å². The number of hydrogen-bond donors (Lipinski definition) is 1. The minimum absolute atomic E-state index is 0.169. The summed E-state index contributed by atoms with van der Waals surface area (Å²) >= 11 is 2.00. The largest absolute Gasteiger partial charge is 0.385 e. The van der Waals surface area contributed by atoms with Crippen molar-refractivity contribution >= 4 is 34.0 Å². The molecule has 0 aliphatic heterocycles. The molecule has 1 aliphatic rings. The first-order valence-corrected chi connectivity index (χ1v) is 6.66. The normalized spacial score (nSPS) is 21.0. The lowest BCUT2D eigenvalue weighted by Gasteiger charge is -2.08. The number of benzene rings is 1. The highest BCUT2D eigenvalue weighted by Gasteiger charge is 2.44. The van der Waals surface area contributed by atoms with E-state index in [1.165, 1.54) is 6.42 Å². The molecule has 5 heteroatoms. The SMILES string of the molecule is CC1(C)CC1CNc1ccc([N+](=O)[O-])c(I)c1. The smallest absolute Gasteiger partial charge is 0.282 e. The molecule has 1 aromatic rings. The quantitative estimate of drug-likeness (QED) is 0.514. The van der Waals surface area contributed by atoms with Crippen LogP contribution in [0.25, 0.3) is 0 Å². The second kappa shape index (κ2) is 4.44. The fraction of sp³-hybridized carbons (Fsp3) is 0.500. The molecule has 1 atom stereocenters. The van der Waals surface area contributed by atoms with E-state index in [0.717, 1.165) is 18.2 Å². The van der Waals surface area contributed by atoms with Gasteiger partial charge in [0.2, 0.25) is 0 Å². The number of nitrogens with one attached hydrogen (secondary N) is 1. The molecule has 0 amide bonds. The average molecular weight is 346 g/mol. The molecule has 0 spiro atoms. The van der Waals surface area contributed by atoms with E-state index in [2.05, 4.69) is 19.2 Å². The van der Waals surface area contributed by atoms with Crippen LogP contribution in [0.3, 0.4) is 0 Å². The topological polar surface area (TPSA) is 55.2 Å². The van der Waals surface area contributed by atoms with Crippen LogP contribution in [0.1, 0.15) is 20.3 Å². The van der Waals surface area contributed by atoms with Crippen molar-refractivity contribution < 1.29 is 4.92 Å². The van der Waals surface area contributed by atoms with Gasteiger partial charge in [-0.05, 0) is 52.5 Å². The summed E-state index contributed by atoms with van der Waals surface area (Å²) in [5, 5.41) is 14.0. The second-order valence-corrected chi connectivity index (χ2v) is 6.36. The summed E-state index contributed by atoms with van der Waals surface area (Å²) in [7, 11) is 0. The zero-order chi connectivity index (χ0) is 12.6. The molecule has 1 saturated carbocycles. The van der Waals surface area contributed by atoms with E-state index < -0.39 is 0 Å². The molecule has 92 valence electrons. The standard InChI is InChI=1S/C12H15IN2O2/c1-12(2)6-8(12)7-14-9-3-4-11(15(16)17)10(13)5-9/h3-5,8,14H,6-7H2,1-2H3. The van der Waals surface area contributed by atoms with Crippen molar-refractivity contribution in [3.05, 3.63) is 31.9 Å². The number of hydrogen-bond acceptors (Lipinski definition) is 3.